The Bertz CT molecular complexity index is 581. The Morgan fingerprint density at radius 2 is 2.35 bits per heavy atom. The van der Waals surface area contributed by atoms with Crippen LogP contribution in [0.5, 0.6) is 0 Å². The molecule has 2 aromatic heterocycles. The van der Waals surface area contributed by atoms with Crippen LogP contribution >= 0.6 is 0 Å². The van der Waals surface area contributed by atoms with Gasteiger partial charge in [-0.15, -0.1) is 0 Å². The summed E-state index contributed by atoms with van der Waals surface area (Å²) in [6.45, 7) is 1.95. The van der Waals surface area contributed by atoms with Crippen molar-refractivity contribution in [3.05, 3.63) is 30.6 Å². The van der Waals surface area contributed by atoms with Crippen LogP contribution in [0.3, 0.4) is 0 Å². The molecule has 0 atom stereocenters. The number of nitrogens with zero attached hydrogens (tertiary/aromatic N) is 4. The SMILES string of the molecule is COCCN(CC/C(N)=N/O)c1cccc2nccn12. The average Bonchev–Trinajstić information content (AvgIpc) is 2.95. The molecule has 7 heteroatoms. The van der Waals surface area contributed by atoms with Gasteiger partial charge in [0.2, 0.25) is 0 Å². The van der Waals surface area contributed by atoms with E-state index in [0.29, 0.717) is 26.1 Å². The van der Waals surface area contributed by atoms with Gasteiger partial charge in [0.25, 0.3) is 0 Å². The third-order valence-corrected chi connectivity index (χ3v) is 3.06. The molecule has 3 N–H and O–H groups in total. The van der Waals surface area contributed by atoms with Gasteiger partial charge in [-0.2, -0.15) is 0 Å². The summed E-state index contributed by atoms with van der Waals surface area (Å²) < 4.78 is 7.14. The van der Waals surface area contributed by atoms with Crippen LogP contribution in [-0.4, -0.2) is 47.2 Å². The highest BCUT2D eigenvalue weighted by Gasteiger charge is 2.11. The first-order chi connectivity index (χ1) is 9.76. The number of aromatic nitrogens is 2. The Balaban J connectivity index is 2.22. The molecule has 0 aromatic carbocycles. The lowest BCUT2D eigenvalue weighted by Gasteiger charge is -2.25. The molecule has 0 saturated carbocycles. The monoisotopic (exact) mass is 277 g/mol. The Hall–Kier alpha value is -2.28. The second-order valence-electron chi connectivity index (χ2n) is 4.36. The maximum atomic E-state index is 8.64. The molecule has 0 fully saturated rings. The summed E-state index contributed by atoms with van der Waals surface area (Å²) in [5.74, 6) is 1.22. The predicted molar refractivity (Wildman–Crippen MR) is 77.3 cm³/mol. The van der Waals surface area contributed by atoms with E-state index in [9.17, 15) is 0 Å². The molecule has 0 aliphatic heterocycles. The Morgan fingerprint density at radius 3 is 3.10 bits per heavy atom. The molecular weight excluding hydrogens is 258 g/mol. The number of amidine groups is 1. The van der Waals surface area contributed by atoms with E-state index < -0.39 is 0 Å². The maximum absolute atomic E-state index is 8.64. The molecule has 0 aliphatic carbocycles. The smallest absolute Gasteiger partial charge is 0.140 e. The molecule has 2 aromatic rings. The van der Waals surface area contributed by atoms with Crippen molar-refractivity contribution in [1.29, 1.82) is 0 Å². The molecule has 2 rings (SSSR count). The maximum Gasteiger partial charge on any atom is 0.140 e. The molecule has 0 saturated heterocycles. The van der Waals surface area contributed by atoms with Gasteiger partial charge in [0, 0.05) is 39.0 Å². The van der Waals surface area contributed by atoms with Gasteiger partial charge in [0.1, 0.15) is 17.3 Å². The molecule has 0 unspecified atom stereocenters. The van der Waals surface area contributed by atoms with Gasteiger partial charge in [-0.1, -0.05) is 11.2 Å². The van der Waals surface area contributed by atoms with Crippen molar-refractivity contribution in [1.82, 2.24) is 9.38 Å². The van der Waals surface area contributed by atoms with E-state index in [-0.39, 0.29) is 5.84 Å². The summed E-state index contributed by atoms with van der Waals surface area (Å²) in [5.41, 5.74) is 6.43. The fourth-order valence-corrected chi connectivity index (χ4v) is 2.03. The van der Waals surface area contributed by atoms with Gasteiger partial charge in [0.05, 0.1) is 6.61 Å². The number of pyridine rings is 1. The predicted octanol–water partition coefficient (Wildman–Crippen LogP) is 0.924. The Kier molecular flexibility index (Phi) is 4.78. The average molecular weight is 277 g/mol. The molecule has 0 spiro atoms. The van der Waals surface area contributed by atoms with Gasteiger partial charge in [-0.3, -0.25) is 4.40 Å². The highest BCUT2D eigenvalue weighted by atomic mass is 16.5. The van der Waals surface area contributed by atoms with Crippen molar-refractivity contribution in [3.8, 4) is 0 Å². The lowest BCUT2D eigenvalue weighted by molar-refractivity contribution is 0.205. The molecule has 0 aliphatic rings. The largest absolute Gasteiger partial charge is 0.409 e. The number of methoxy groups -OCH3 is 1. The third kappa shape index (κ3) is 3.18. The van der Waals surface area contributed by atoms with Gasteiger partial charge in [0.15, 0.2) is 0 Å². The second kappa shape index (κ2) is 6.76. The zero-order valence-electron chi connectivity index (χ0n) is 11.4. The van der Waals surface area contributed by atoms with Crippen LogP contribution in [0.2, 0.25) is 0 Å². The first-order valence-electron chi connectivity index (χ1n) is 6.38. The quantitative estimate of drug-likeness (QED) is 0.340. The number of hydrogen-bond acceptors (Lipinski definition) is 5. The van der Waals surface area contributed by atoms with Crippen LogP contribution in [0.25, 0.3) is 5.65 Å². The van der Waals surface area contributed by atoms with E-state index in [4.69, 9.17) is 15.7 Å². The van der Waals surface area contributed by atoms with E-state index in [1.165, 1.54) is 0 Å². The van der Waals surface area contributed by atoms with Crippen molar-refractivity contribution in [2.45, 2.75) is 6.42 Å². The van der Waals surface area contributed by atoms with Gasteiger partial charge in [-0.25, -0.2) is 4.98 Å². The number of rotatable bonds is 7. The van der Waals surface area contributed by atoms with Crippen molar-refractivity contribution in [2.75, 3.05) is 31.7 Å². The van der Waals surface area contributed by atoms with Crippen LogP contribution in [0.15, 0.2) is 35.7 Å². The van der Waals surface area contributed by atoms with E-state index in [1.807, 2.05) is 28.8 Å². The molecule has 0 radical (unpaired) electrons. The number of fused-ring (bicyclic) bond motifs is 1. The molecule has 0 bridgehead atoms. The number of nitrogens with two attached hydrogens (primary N) is 1. The molecule has 0 amide bonds. The standard InChI is InChI=1S/C13H19N5O2/c1-20-10-9-17(7-5-11(14)16-19)13-4-2-3-12-15-6-8-18(12)13/h2-4,6,8,19H,5,7,9-10H2,1H3,(H2,14,16). The van der Waals surface area contributed by atoms with Crippen LogP contribution in [0.4, 0.5) is 5.82 Å². The normalized spacial score (nSPS) is 11.9. The highest BCUT2D eigenvalue weighted by molar-refractivity contribution is 5.80. The highest BCUT2D eigenvalue weighted by Crippen LogP contribution is 2.16. The number of oxime groups is 1. The lowest BCUT2D eigenvalue weighted by atomic mass is 10.3. The Morgan fingerprint density at radius 1 is 1.50 bits per heavy atom. The Labute approximate surface area is 117 Å². The summed E-state index contributed by atoms with van der Waals surface area (Å²) in [7, 11) is 1.67. The van der Waals surface area contributed by atoms with Crippen LogP contribution in [0, 0.1) is 0 Å². The zero-order chi connectivity index (χ0) is 14.4. The minimum Gasteiger partial charge on any atom is -0.409 e. The summed E-state index contributed by atoms with van der Waals surface area (Å²) >= 11 is 0. The molecule has 2 heterocycles. The minimum atomic E-state index is 0.213. The molecule has 108 valence electrons. The second-order valence-corrected chi connectivity index (χ2v) is 4.36. The van der Waals surface area contributed by atoms with E-state index in [2.05, 4.69) is 15.0 Å². The van der Waals surface area contributed by atoms with E-state index in [1.54, 1.807) is 13.3 Å². The number of imidazole rings is 1. The number of ether oxygens (including phenoxy) is 1. The summed E-state index contributed by atoms with van der Waals surface area (Å²) in [6, 6.07) is 5.92. The summed E-state index contributed by atoms with van der Waals surface area (Å²) in [5, 5.41) is 11.6. The first kappa shape index (κ1) is 14.1. The van der Waals surface area contributed by atoms with E-state index >= 15 is 0 Å². The fourth-order valence-electron chi connectivity index (χ4n) is 2.03. The lowest BCUT2D eigenvalue weighted by Crippen LogP contribution is -2.32. The fraction of sp³-hybridized carbons (Fsp3) is 0.385. The summed E-state index contributed by atoms with van der Waals surface area (Å²) in [4.78, 5) is 6.39. The van der Waals surface area contributed by atoms with Crippen LogP contribution < -0.4 is 10.6 Å². The minimum absolute atomic E-state index is 0.213. The molecule has 20 heavy (non-hydrogen) atoms. The molecular formula is C13H19N5O2. The van der Waals surface area contributed by atoms with Crippen molar-refractivity contribution < 1.29 is 9.94 Å². The summed E-state index contributed by atoms with van der Waals surface area (Å²) in [6.07, 6.45) is 4.15. The van der Waals surface area contributed by atoms with Crippen molar-refractivity contribution in [3.63, 3.8) is 0 Å². The first-order valence-corrected chi connectivity index (χ1v) is 6.38. The zero-order valence-corrected chi connectivity index (χ0v) is 11.4. The van der Waals surface area contributed by atoms with Gasteiger partial charge >= 0.3 is 0 Å². The topological polar surface area (TPSA) is 88.4 Å². The van der Waals surface area contributed by atoms with Crippen molar-refractivity contribution >= 4 is 17.3 Å². The van der Waals surface area contributed by atoms with Crippen LogP contribution in [-0.2, 0) is 4.74 Å². The van der Waals surface area contributed by atoms with Crippen molar-refractivity contribution in [2.24, 2.45) is 10.9 Å². The van der Waals surface area contributed by atoms with Crippen LogP contribution in [0.1, 0.15) is 6.42 Å². The third-order valence-electron chi connectivity index (χ3n) is 3.06. The van der Waals surface area contributed by atoms with Gasteiger partial charge in [-0.05, 0) is 12.1 Å². The number of hydrogen-bond donors (Lipinski definition) is 2. The van der Waals surface area contributed by atoms with E-state index in [0.717, 1.165) is 11.5 Å². The number of anilines is 1. The molecule has 7 nitrogen and oxygen atoms in total. The van der Waals surface area contributed by atoms with Gasteiger partial charge < -0.3 is 20.6 Å².